The smallest absolute Gasteiger partial charge is 0.303 e. The van der Waals surface area contributed by atoms with Gasteiger partial charge in [-0.15, -0.1) is 0 Å². The van der Waals surface area contributed by atoms with E-state index < -0.39 is 11.4 Å². The second-order valence-corrected chi connectivity index (χ2v) is 4.61. The molecule has 0 saturated heterocycles. The van der Waals surface area contributed by atoms with Gasteiger partial charge in [0.25, 0.3) is 0 Å². The van der Waals surface area contributed by atoms with Crippen molar-refractivity contribution in [1.29, 1.82) is 0 Å². The lowest BCUT2D eigenvalue weighted by Gasteiger charge is -2.22. The molecule has 0 radical (unpaired) electrons. The van der Waals surface area contributed by atoms with Crippen LogP contribution in [0.4, 0.5) is 5.69 Å². The van der Waals surface area contributed by atoms with E-state index in [1.165, 1.54) is 0 Å². The van der Waals surface area contributed by atoms with Crippen LogP contribution in [-0.4, -0.2) is 24.0 Å². The van der Waals surface area contributed by atoms with Gasteiger partial charge in [-0.1, -0.05) is 18.2 Å². The van der Waals surface area contributed by atoms with Crippen LogP contribution in [0.3, 0.4) is 0 Å². The largest absolute Gasteiger partial charge is 0.481 e. The standard InChI is InChI=1S/C13H15NO3/c1-13(8-7-11(15)16)9-5-3-4-6-10(9)14(2)12(13)17/h3-6H,7-8H2,1-2H3,(H,15,16)/t13-/m0/s1. The number of likely N-dealkylation sites (N-methyl/N-ethyl adjacent to an activating group) is 1. The van der Waals surface area contributed by atoms with E-state index in [2.05, 4.69) is 0 Å². The molecule has 0 aliphatic carbocycles. The van der Waals surface area contributed by atoms with Gasteiger partial charge in [0.2, 0.25) is 5.91 Å². The lowest BCUT2D eigenvalue weighted by molar-refractivity contribution is -0.137. The third-order valence-corrected chi connectivity index (χ3v) is 3.48. The summed E-state index contributed by atoms with van der Waals surface area (Å²) >= 11 is 0. The van der Waals surface area contributed by atoms with E-state index in [0.29, 0.717) is 6.42 Å². The van der Waals surface area contributed by atoms with E-state index in [1.807, 2.05) is 31.2 Å². The van der Waals surface area contributed by atoms with E-state index in [-0.39, 0.29) is 12.3 Å². The Kier molecular flexibility index (Phi) is 2.65. The van der Waals surface area contributed by atoms with E-state index in [9.17, 15) is 9.59 Å². The Morgan fingerprint density at radius 1 is 1.41 bits per heavy atom. The Bertz CT molecular complexity index is 483. The first-order chi connectivity index (χ1) is 7.97. The van der Waals surface area contributed by atoms with E-state index in [0.717, 1.165) is 11.3 Å². The average Bonchev–Trinajstić information content (AvgIpc) is 2.51. The van der Waals surface area contributed by atoms with Crippen molar-refractivity contribution in [2.45, 2.75) is 25.2 Å². The highest BCUT2D eigenvalue weighted by Crippen LogP contribution is 2.43. The van der Waals surface area contributed by atoms with Crippen LogP contribution < -0.4 is 4.90 Å². The van der Waals surface area contributed by atoms with Gasteiger partial charge in [-0.05, 0) is 25.0 Å². The molecule has 0 bridgehead atoms. The summed E-state index contributed by atoms with van der Waals surface area (Å²) in [5.41, 5.74) is 1.10. The maximum Gasteiger partial charge on any atom is 0.303 e. The average molecular weight is 233 g/mol. The molecule has 17 heavy (non-hydrogen) atoms. The zero-order valence-corrected chi connectivity index (χ0v) is 9.93. The Labute approximate surface area is 99.9 Å². The molecule has 4 heteroatoms. The maximum atomic E-state index is 12.2. The van der Waals surface area contributed by atoms with Gasteiger partial charge in [0.15, 0.2) is 0 Å². The summed E-state index contributed by atoms with van der Waals surface area (Å²) in [6.07, 6.45) is 0.340. The molecule has 0 fully saturated rings. The molecular formula is C13H15NO3. The molecule has 1 amide bonds. The molecule has 2 rings (SSSR count). The van der Waals surface area contributed by atoms with Crippen molar-refractivity contribution in [1.82, 2.24) is 0 Å². The summed E-state index contributed by atoms with van der Waals surface area (Å²) in [4.78, 5) is 24.5. The van der Waals surface area contributed by atoms with E-state index in [1.54, 1.807) is 11.9 Å². The first kappa shape index (κ1) is 11.6. The Morgan fingerprint density at radius 3 is 2.71 bits per heavy atom. The topological polar surface area (TPSA) is 57.6 Å². The number of amides is 1. The van der Waals surface area contributed by atoms with Crippen LogP contribution in [0, 0.1) is 0 Å². The number of carbonyl (C=O) groups excluding carboxylic acids is 1. The minimum Gasteiger partial charge on any atom is -0.481 e. The quantitative estimate of drug-likeness (QED) is 0.865. The van der Waals surface area contributed by atoms with Crippen LogP contribution in [0.1, 0.15) is 25.3 Å². The van der Waals surface area contributed by atoms with Gasteiger partial charge in [-0.2, -0.15) is 0 Å². The summed E-state index contributed by atoms with van der Waals surface area (Å²) in [7, 11) is 1.73. The number of hydrogen-bond acceptors (Lipinski definition) is 2. The predicted octanol–water partition coefficient (Wildman–Crippen LogP) is 1.79. The van der Waals surface area contributed by atoms with Crippen LogP contribution in [0.2, 0.25) is 0 Å². The van der Waals surface area contributed by atoms with Crippen molar-refractivity contribution < 1.29 is 14.7 Å². The summed E-state index contributed by atoms with van der Waals surface area (Å²) in [6.45, 7) is 1.82. The normalized spacial score (nSPS) is 22.7. The highest BCUT2D eigenvalue weighted by atomic mass is 16.4. The van der Waals surface area contributed by atoms with Gasteiger partial charge in [0.05, 0.1) is 5.41 Å². The number of benzene rings is 1. The minimum absolute atomic E-state index is 0.00438. The third kappa shape index (κ3) is 1.69. The highest BCUT2D eigenvalue weighted by molar-refractivity contribution is 6.07. The molecule has 1 N–H and O–H groups in total. The fourth-order valence-corrected chi connectivity index (χ4v) is 2.43. The monoisotopic (exact) mass is 233 g/mol. The maximum absolute atomic E-state index is 12.2. The number of fused-ring (bicyclic) bond motifs is 1. The van der Waals surface area contributed by atoms with Gasteiger partial charge >= 0.3 is 5.97 Å². The number of aliphatic carboxylic acids is 1. The Hall–Kier alpha value is -1.84. The molecule has 1 aromatic carbocycles. The molecule has 90 valence electrons. The molecule has 0 saturated carbocycles. The Morgan fingerprint density at radius 2 is 2.06 bits per heavy atom. The van der Waals surface area contributed by atoms with Gasteiger partial charge in [-0.25, -0.2) is 0 Å². The van der Waals surface area contributed by atoms with E-state index >= 15 is 0 Å². The van der Waals surface area contributed by atoms with Crippen LogP contribution in [0.15, 0.2) is 24.3 Å². The summed E-state index contributed by atoms with van der Waals surface area (Å²) < 4.78 is 0. The van der Waals surface area contributed by atoms with Crippen LogP contribution in [0.25, 0.3) is 0 Å². The van der Waals surface area contributed by atoms with Gasteiger partial charge in [0, 0.05) is 19.2 Å². The molecule has 1 aliphatic rings. The zero-order chi connectivity index (χ0) is 12.6. The van der Waals surface area contributed by atoms with Gasteiger partial charge in [0.1, 0.15) is 0 Å². The number of nitrogens with zero attached hydrogens (tertiary/aromatic N) is 1. The molecule has 0 aromatic heterocycles. The van der Waals surface area contributed by atoms with Crippen LogP contribution >= 0.6 is 0 Å². The summed E-state index contributed by atoms with van der Waals surface area (Å²) in [5.74, 6) is -0.897. The molecule has 1 aromatic rings. The summed E-state index contributed by atoms with van der Waals surface area (Å²) in [6, 6.07) is 7.55. The van der Waals surface area contributed by atoms with Crippen molar-refractivity contribution in [3.63, 3.8) is 0 Å². The Balaban J connectivity index is 2.41. The summed E-state index contributed by atoms with van der Waals surface area (Å²) in [5, 5.41) is 8.76. The second-order valence-electron chi connectivity index (χ2n) is 4.61. The number of anilines is 1. The number of hydrogen-bond donors (Lipinski definition) is 1. The van der Waals surface area contributed by atoms with Crippen molar-refractivity contribution in [2.75, 3.05) is 11.9 Å². The molecule has 0 spiro atoms. The molecular weight excluding hydrogens is 218 g/mol. The molecule has 1 atom stereocenters. The predicted molar refractivity (Wildman–Crippen MR) is 64.1 cm³/mol. The van der Waals surface area contributed by atoms with Crippen LogP contribution in [0.5, 0.6) is 0 Å². The number of carboxylic acid groups (broad SMARTS) is 1. The molecule has 4 nitrogen and oxygen atoms in total. The van der Waals surface area contributed by atoms with Crippen molar-refractivity contribution in [3.8, 4) is 0 Å². The number of carboxylic acids is 1. The fraction of sp³-hybridized carbons (Fsp3) is 0.385. The highest BCUT2D eigenvalue weighted by Gasteiger charge is 2.45. The number of carbonyl (C=O) groups is 2. The molecule has 1 aliphatic heterocycles. The SMILES string of the molecule is CN1C(=O)[C@@](C)(CCC(=O)O)c2ccccc21. The van der Waals surface area contributed by atoms with Crippen molar-refractivity contribution in [3.05, 3.63) is 29.8 Å². The van der Waals surface area contributed by atoms with Crippen LogP contribution in [-0.2, 0) is 15.0 Å². The minimum atomic E-state index is -0.869. The lowest BCUT2D eigenvalue weighted by atomic mass is 9.79. The number of para-hydroxylation sites is 1. The van der Waals surface area contributed by atoms with Gasteiger partial charge in [-0.3, -0.25) is 9.59 Å². The first-order valence-corrected chi connectivity index (χ1v) is 5.56. The van der Waals surface area contributed by atoms with Crippen molar-refractivity contribution in [2.24, 2.45) is 0 Å². The zero-order valence-electron chi connectivity index (χ0n) is 9.93. The van der Waals surface area contributed by atoms with E-state index in [4.69, 9.17) is 5.11 Å². The molecule has 0 unspecified atom stereocenters. The van der Waals surface area contributed by atoms with Gasteiger partial charge < -0.3 is 10.0 Å². The first-order valence-electron chi connectivity index (χ1n) is 5.56. The third-order valence-electron chi connectivity index (χ3n) is 3.48. The number of rotatable bonds is 3. The fourth-order valence-electron chi connectivity index (χ4n) is 2.43. The molecule has 1 heterocycles. The second kappa shape index (κ2) is 3.87. The van der Waals surface area contributed by atoms with Crippen molar-refractivity contribution >= 4 is 17.6 Å². The lowest BCUT2D eigenvalue weighted by Crippen LogP contribution is -2.36.